The first-order valence-electron chi connectivity index (χ1n) is 14.5. The fourth-order valence-corrected chi connectivity index (χ4v) is 7.71. The average molecular weight is 527 g/mol. The highest BCUT2D eigenvalue weighted by Crippen LogP contribution is 2.60. The number of benzene rings is 5. The quantitative estimate of drug-likeness (QED) is 0.214. The maximum absolute atomic E-state index is 14.1. The van der Waals surface area contributed by atoms with Crippen molar-refractivity contribution in [3.63, 3.8) is 0 Å². The van der Waals surface area contributed by atoms with Crippen molar-refractivity contribution in [1.29, 1.82) is 0 Å². The molecule has 0 aromatic heterocycles. The Labute approximate surface area is 241 Å². The Morgan fingerprint density at radius 1 is 0.512 bits per heavy atom. The zero-order chi connectivity index (χ0) is 27.5. The first kappa shape index (κ1) is 24.1. The van der Waals surface area contributed by atoms with Gasteiger partial charge in [0.1, 0.15) is 0 Å². The lowest BCUT2D eigenvalue weighted by molar-refractivity contribution is 0.104. The third-order valence-electron chi connectivity index (χ3n) is 9.28. The minimum absolute atomic E-state index is 0.00552. The van der Waals surface area contributed by atoms with Crippen LogP contribution in [0.2, 0.25) is 0 Å². The fourth-order valence-electron chi connectivity index (χ4n) is 7.71. The van der Waals surface area contributed by atoms with Crippen molar-refractivity contribution in [2.45, 2.75) is 30.6 Å². The van der Waals surface area contributed by atoms with E-state index in [-0.39, 0.29) is 29.5 Å². The van der Waals surface area contributed by atoms with Crippen LogP contribution in [0.25, 0.3) is 0 Å². The SMILES string of the molecule is Cc1cc2c3c(c1)C(c1ccccc1)C=C1C3C(=CC2=O)C(c2ccccc2)c2ccccc2C1c1ccccc1. The van der Waals surface area contributed by atoms with Crippen LogP contribution in [0.15, 0.2) is 151 Å². The predicted octanol–water partition coefficient (Wildman–Crippen LogP) is 9.25. The molecule has 0 heterocycles. The summed E-state index contributed by atoms with van der Waals surface area (Å²) < 4.78 is 0. The topological polar surface area (TPSA) is 17.1 Å². The predicted molar refractivity (Wildman–Crippen MR) is 166 cm³/mol. The van der Waals surface area contributed by atoms with Crippen LogP contribution in [0.3, 0.4) is 0 Å². The molecule has 1 heteroatoms. The summed E-state index contributed by atoms with van der Waals surface area (Å²) in [5.41, 5.74) is 13.5. The summed E-state index contributed by atoms with van der Waals surface area (Å²) in [5, 5.41) is 0. The Morgan fingerprint density at radius 3 is 1.61 bits per heavy atom. The van der Waals surface area contributed by atoms with Crippen LogP contribution in [0, 0.1) is 6.92 Å². The van der Waals surface area contributed by atoms with Gasteiger partial charge in [0.05, 0.1) is 0 Å². The summed E-state index contributed by atoms with van der Waals surface area (Å²) in [6, 6.07) is 45.9. The van der Waals surface area contributed by atoms with E-state index < -0.39 is 0 Å². The highest BCUT2D eigenvalue weighted by atomic mass is 16.1. The second kappa shape index (κ2) is 9.42. The molecular formula is C40H30O. The molecule has 41 heavy (non-hydrogen) atoms. The van der Waals surface area contributed by atoms with Crippen molar-refractivity contribution >= 4 is 5.78 Å². The van der Waals surface area contributed by atoms with Crippen LogP contribution in [-0.2, 0) is 0 Å². The van der Waals surface area contributed by atoms with E-state index in [2.05, 4.69) is 140 Å². The Morgan fingerprint density at radius 2 is 1.02 bits per heavy atom. The Hall–Kier alpha value is -4.75. The van der Waals surface area contributed by atoms with Gasteiger partial charge in [0.2, 0.25) is 0 Å². The molecule has 0 aliphatic heterocycles. The minimum Gasteiger partial charge on any atom is -0.289 e. The van der Waals surface area contributed by atoms with Gasteiger partial charge in [-0.3, -0.25) is 4.79 Å². The lowest BCUT2D eigenvalue weighted by Crippen LogP contribution is -2.27. The minimum atomic E-state index is -0.00552. The molecule has 5 aromatic rings. The van der Waals surface area contributed by atoms with Gasteiger partial charge in [0, 0.05) is 29.2 Å². The maximum Gasteiger partial charge on any atom is 0.186 e. The summed E-state index contributed by atoms with van der Waals surface area (Å²) in [6.45, 7) is 2.12. The molecule has 5 aromatic carbocycles. The maximum atomic E-state index is 14.1. The monoisotopic (exact) mass is 526 g/mol. The van der Waals surface area contributed by atoms with Crippen molar-refractivity contribution in [3.8, 4) is 0 Å². The molecule has 0 amide bonds. The number of rotatable bonds is 3. The molecule has 0 fully saturated rings. The van der Waals surface area contributed by atoms with Gasteiger partial charge < -0.3 is 0 Å². The molecule has 0 saturated carbocycles. The summed E-state index contributed by atoms with van der Waals surface area (Å²) >= 11 is 0. The van der Waals surface area contributed by atoms with Crippen molar-refractivity contribution in [1.82, 2.24) is 0 Å². The molecule has 0 bridgehead atoms. The molecule has 196 valence electrons. The molecule has 0 radical (unpaired) electrons. The van der Waals surface area contributed by atoms with Crippen LogP contribution in [-0.4, -0.2) is 5.78 Å². The highest BCUT2D eigenvalue weighted by molar-refractivity contribution is 6.09. The van der Waals surface area contributed by atoms with Gasteiger partial charge in [-0.25, -0.2) is 0 Å². The van der Waals surface area contributed by atoms with Gasteiger partial charge >= 0.3 is 0 Å². The molecular weight excluding hydrogens is 496 g/mol. The second-order valence-corrected chi connectivity index (χ2v) is 11.6. The molecule has 3 aliphatic rings. The third kappa shape index (κ3) is 3.73. The summed E-state index contributed by atoms with van der Waals surface area (Å²) in [5.74, 6) is 0.307. The normalized spacial score (nSPS) is 22.1. The second-order valence-electron chi connectivity index (χ2n) is 11.6. The third-order valence-corrected chi connectivity index (χ3v) is 9.28. The number of ketones is 1. The standard InChI is InChI=1S/C40H30O/c1-25-21-32-31(26-13-5-2-6-14-26)23-34-37(27-15-7-3-8-16-27)29-19-11-12-20-30(29)38(28-17-9-4-10-18-28)35-24-36(41)33(22-25)39(32)40(34)35/h2-24,31,37-38,40H,1H3. The van der Waals surface area contributed by atoms with E-state index in [9.17, 15) is 4.79 Å². The van der Waals surface area contributed by atoms with E-state index in [1.807, 2.05) is 6.08 Å². The van der Waals surface area contributed by atoms with E-state index in [0.717, 1.165) is 11.1 Å². The highest BCUT2D eigenvalue weighted by Gasteiger charge is 2.46. The van der Waals surface area contributed by atoms with Gasteiger partial charge in [0.25, 0.3) is 0 Å². The van der Waals surface area contributed by atoms with Crippen molar-refractivity contribution in [2.24, 2.45) is 0 Å². The van der Waals surface area contributed by atoms with Crippen molar-refractivity contribution in [2.75, 3.05) is 0 Å². The summed E-state index contributed by atoms with van der Waals surface area (Å²) in [6.07, 6.45) is 4.52. The molecule has 0 saturated heterocycles. The van der Waals surface area contributed by atoms with Crippen LogP contribution in [0.5, 0.6) is 0 Å². The van der Waals surface area contributed by atoms with E-state index >= 15 is 0 Å². The van der Waals surface area contributed by atoms with E-state index in [1.165, 1.54) is 50.1 Å². The molecule has 3 aliphatic carbocycles. The number of fused-ring (bicyclic) bond motifs is 1. The number of aryl methyl sites for hydroxylation is 1. The van der Waals surface area contributed by atoms with Crippen LogP contribution < -0.4 is 0 Å². The lowest BCUT2D eigenvalue weighted by atomic mass is 9.63. The van der Waals surface area contributed by atoms with Gasteiger partial charge in [0.15, 0.2) is 5.78 Å². The number of carbonyl (C=O) groups excluding carboxylic acids is 1. The van der Waals surface area contributed by atoms with Gasteiger partial charge in [-0.2, -0.15) is 0 Å². The van der Waals surface area contributed by atoms with Crippen molar-refractivity contribution < 1.29 is 4.79 Å². The zero-order valence-corrected chi connectivity index (χ0v) is 23.0. The molecule has 1 nitrogen and oxygen atoms in total. The van der Waals surface area contributed by atoms with E-state index in [0.29, 0.717) is 0 Å². The van der Waals surface area contributed by atoms with Crippen LogP contribution in [0.1, 0.15) is 78.5 Å². The van der Waals surface area contributed by atoms with Crippen LogP contribution >= 0.6 is 0 Å². The van der Waals surface area contributed by atoms with E-state index in [4.69, 9.17) is 0 Å². The molecule has 0 N–H and O–H groups in total. The first-order chi connectivity index (χ1) is 20.2. The Balaban J connectivity index is 1.51. The number of allylic oxidation sites excluding steroid dienone is 4. The summed E-state index contributed by atoms with van der Waals surface area (Å²) in [7, 11) is 0. The number of hydrogen-bond acceptors (Lipinski definition) is 1. The lowest BCUT2D eigenvalue weighted by Gasteiger charge is -2.40. The smallest absolute Gasteiger partial charge is 0.186 e. The number of hydrogen-bond donors (Lipinski definition) is 0. The van der Waals surface area contributed by atoms with Gasteiger partial charge in [-0.1, -0.05) is 133 Å². The van der Waals surface area contributed by atoms with Gasteiger partial charge in [-0.05, 0) is 69.2 Å². The summed E-state index contributed by atoms with van der Waals surface area (Å²) in [4.78, 5) is 14.1. The van der Waals surface area contributed by atoms with E-state index in [1.54, 1.807) is 0 Å². The van der Waals surface area contributed by atoms with Crippen LogP contribution in [0.4, 0.5) is 0 Å². The Kier molecular flexibility index (Phi) is 5.53. The fraction of sp³-hybridized carbons (Fsp3) is 0.125. The first-order valence-corrected chi connectivity index (χ1v) is 14.5. The largest absolute Gasteiger partial charge is 0.289 e. The molecule has 4 unspecified atom stereocenters. The van der Waals surface area contributed by atoms with Crippen molar-refractivity contribution in [3.05, 3.63) is 201 Å². The molecule has 8 rings (SSSR count). The number of carbonyl (C=O) groups is 1. The Bertz CT molecular complexity index is 1860. The molecule has 0 spiro atoms. The average Bonchev–Trinajstić information content (AvgIpc) is 3.14. The molecule has 4 atom stereocenters. The van der Waals surface area contributed by atoms with Gasteiger partial charge in [-0.15, -0.1) is 0 Å². The zero-order valence-electron chi connectivity index (χ0n) is 23.0.